The lowest BCUT2D eigenvalue weighted by Gasteiger charge is -2.27. The van der Waals surface area contributed by atoms with Crippen LogP contribution in [0.4, 0.5) is 0 Å². The minimum atomic E-state index is -0.908. The molecule has 2 N–H and O–H groups in total. The molecule has 1 saturated heterocycles. The summed E-state index contributed by atoms with van der Waals surface area (Å²) < 4.78 is 0. The zero-order chi connectivity index (χ0) is 18.2. The first-order chi connectivity index (χ1) is 11.8. The molecule has 5 nitrogen and oxygen atoms in total. The molecule has 25 heavy (non-hydrogen) atoms. The topological polar surface area (TPSA) is 69.6 Å². The Morgan fingerprint density at radius 1 is 1.24 bits per heavy atom. The van der Waals surface area contributed by atoms with Gasteiger partial charge in [0.15, 0.2) is 0 Å². The molecule has 3 atom stereocenters. The lowest BCUT2D eigenvalue weighted by atomic mass is 9.78. The summed E-state index contributed by atoms with van der Waals surface area (Å²) >= 11 is 0. The van der Waals surface area contributed by atoms with E-state index in [4.69, 9.17) is 0 Å². The van der Waals surface area contributed by atoms with E-state index < -0.39 is 12.1 Å². The smallest absolute Gasteiger partial charge is 0.247 e. The Morgan fingerprint density at radius 2 is 1.88 bits per heavy atom. The van der Waals surface area contributed by atoms with Crippen LogP contribution in [0.25, 0.3) is 0 Å². The molecule has 0 aromatic heterocycles. The Balaban J connectivity index is 1.73. The Hall–Kier alpha value is -1.88. The fourth-order valence-corrected chi connectivity index (χ4v) is 3.75. The Labute approximate surface area is 149 Å². The van der Waals surface area contributed by atoms with Crippen LogP contribution in [0, 0.1) is 11.3 Å². The van der Waals surface area contributed by atoms with Gasteiger partial charge in [-0.05, 0) is 30.7 Å². The molecule has 1 aliphatic heterocycles. The van der Waals surface area contributed by atoms with Crippen molar-refractivity contribution in [2.24, 2.45) is 11.3 Å². The molecule has 1 aromatic carbocycles. The molecular formula is C20H28N2O3. The molecule has 0 radical (unpaired) electrons. The zero-order valence-electron chi connectivity index (χ0n) is 15.2. The highest BCUT2D eigenvalue weighted by molar-refractivity contribution is 5.90. The predicted molar refractivity (Wildman–Crippen MR) is 95.9 cm³/mol. The molecule has 1 saturated carbocycles. The maximum Gasteiger partial charge on any atom is 0.247 e. The van der Waals surface area contributed by atoms with Gasteiger partial charge in [0.25, 0.3) is 0 Å². The van der Waals surface area contributed by atoms with Crippen LogP contribution in [0.2, 0.25) is 0 Å². The number of hydrogen-bond donors (Lipinski definition) is 2. The Kier molecular flexibility index (Phi) is 4.87. The van der Waals surface area contributed by atoms with Crippen molar-refractivity contribution < 1.29 is 14.7 Å². The van der Waals surface area contributed by atoms with E-state index >= 15 is 0 Å². The number of rotatable bonds is 5. The summed E-state index contributed by atoms with van der Waals surface area (Å²) in [5.74, 6) is -0.0413. The number of likely N-dealkylation sites (tertiary alicyclic amines) is 1. The van der Waals surface area contributed by atoms with Gasteiger partial charge in [0.2, 0.25) is 11.8 Å². The number of benzene rings is 1. The van der Waals surface area contributed by atoms with Crippen LogP contribution in [-0.2, 0) is 9.59 Å². The summed E-state index contributed by atoms with van der Waals surface area (Å²) in [7, 11) is 0. The van der Waals surface area contributed by atoms with Gasteiger partial charge >= 0.3 is 0 Å². The SMILES string of the molecule is C[C@H](O)[C@H](NC(=O)C1CC1)C(=O)N1C[C@H](c2ccccc2)C(C)(C)C1. The van der Waals surface area contributed by atoms with E-state index in [0.717, 1.165) is 12.8 Å². The van der Waals surface area contributed by atoms with Gasteiger partial charge in [-0.25, -0.2) is 0 Å². The average Bonchev–Trinajstić information content (AvgIpc) is 3.36. The zero-order valence-corrected chi connectivity index (χ0v) is 15.2. The Bertz CT molecular complexity index is 638. The van der Waals surface area contributed by atoms with Crippen LogP contribution < -0.4 is 5.32 Å². The maximum atomic E-state index is 13.0. The normalized spacial score (nSPS) is 24.6. The first-order valence-electron chi connectivity index (χ1n) is 9.12. The molecule has 0 unspecified atom stereocenters. The van der Waals surface area contributed by atoms with E-state index in [1.807, 2.05) is 18.2 Å². The molecule has 0 bridgehead atoms. The summed E-state index contributed by atoms with van der Waals surface area (Å²) in [5, 5.41) is 12.8. The molecule has 0 spiro atoms. The van der Waals surface area contributed by atoms with Crippen molar-refractivity contribution in [2.75, 3.05) is 13.1 Å². The van der Waals surface area contributed by atoms with Crippen LogP contribution in [0.5, 0.6) is 0 Å². The van der Waals surface area contributed by atoms with E-state index in [9.17, 15) is 14.7 Å². The minimum Gasteiger partial charge on any atom is -0.391 e. The van der Waals surface area contributed by atoms with Crippen molar-refractivity contribution in [3.63, 3.8) is 0 Å². The first-order valence-corrected chi connectivity index (χ1v) is 9.12. The second-order valence-corrected chi connectivity index (χ2v) is 8.17. The fourth-order valence-electron chi connectivity index (χ4n) is 3.75. The van der Waals surface area contributed by atoms with Gasteiger partial charge in [-0.2, -0.15) is 0 Å². The van der Waals surface area contributed by atoms with Crippen LogP contribution in [0.3, 0.4) is 0 Å². The van der Waals surface area contributed by atoms with E-state index in [-0.39, 0.29) is 29.1 Å². The number of hydrogen-bond acceptors (Lipinski definition) is 3. The highest BCUT2D eigenvalue weighted by Crippen LogP contribution is 2.42. The molecule has 2 amide bonds. The van der Waals surface area contributed by atoms with E-state index in [1.165, 1.54) is 5.56 Å². The van der Waals surface area contributed by atoms with Crippen LogP contribution >= 0.6 is 0 Å². The van der Waals surface area contributed by atoms with Crippen molar-refractivity contribution >= 4 is 11.8 Å². The standard InChI is InChI=1S/C20H28N2O3/c1-13(23)17(21-18(24)15-9-10-15)19(25)22-11-16(20(2,3)12-22)14-7-5-4-6-8-14/h4-8,13,15-17,23H,9-12H2,1-3H3,(H,21,24)/t13-,16+,17-/m0/s1. The Morgan fingerprint density at radius 3 is 2.44 bits per heavy atom. The molecule has 2 aliphatic rings. The van der Waals surface area contributed by atoms with Gasteiger partial charge in [0.05, 0.1) is 6.10 Å². The van der Waals surface area contributed by atoms with Gasteiger partial charge in [-0.15, -0.1) is 0 Å². The molecule has 1 aromatic rings. The van der Waals surface area contributed by atoms with Crippen molar-refractivity contribution in [1.82, 2.24) is 10.2 Å². The second kappa shape index (κ2) is 6.79. The number of nitrogens with zero attached hydrogens (tertiary/aromatic N) is 1. The third-order valence-corrected chi connectivity index (χ3v) is 5.45. The number of aliphatic hydroxyl groups is 1. The van der Waals surface area contributed by atoms with Gasteiger partial charge in [0, 0.05) is 24.9 Å². The van der Waals surface area contributed by atoms with Crippen molar-refractivity contribution in [1.29, 1.82) is 0 Å². The van der Waals surface area contributed by atoms with E-state index in [2.05, 4.69) is 31.3 Å². The fraction of sp³-hybridized carbons (Fsp3) is 0.600. The highest BCUT2D eigenvalue weighted by atomic mass is 16.3. The van der Waals surface area contributed by atoms with E-state index in [1.54, 1.807) is 11.8 Å². The molecule has 5 heteroatoms. The van der Waals surface area contributed by atoms with Crippen molar-refractivity contribution in [3.05, 3.63) is 35.9 Å². The lowest BCUT2D eigenvalue weighted by Crippen LogP contribution is -2.53. The van der Waals surface area contributed by atoms with Gasteiger partial charge in [-0.3, -0.25) is 9.59 Å². The molecule has 1 heterocycles. The van der Waals surface area contributed by atoms with Crippen molar-refractivity contribution in [3.8, 4) is 0 Å². The summed E-state index contributed by atoms with van der Waals surface area (Å²) in [6.45, 7) is 7.12. The van der Waals surface area contributed by atoms with Gasteiger partial charge < -0.3 is 15.3 Å². The summed E-state index contributed by atoms with van der Waals surface area (Å²) in [6, 6.07) is 9.36. The van der Waals surface area contributed by atoms with Crippen LogP contribution in [0.15, 0.2) is 30.3 Å². The predicted octanol–water partition coefficient (Wildman–Crippen LogP) is 1.91. The van der Waals surface area contributed by atoms with Gasteiger partial charge in [0.1, 0.15) is 6.04 Å². The largest absolute Gasteiger partial charge is 0.391 e. The van der Waals surface area contributed by atoms with Crippen LogP contribution in [-0.4, -0.2) is 47.1 Å². The minimum absolute atomic E-state index is 0.0149. The summed E-state index contributed by atoms with van der Waals surface area (Å²) in [6.07, 6.45) is 0.841. The number of carbonyl (C=O) groups is 2. The number of aliphatic hydroxyl groups excluding tert-OH is 1. The monoisotopic (exact) mass is 344 g/mol. The van der Waals surface area contributed by atoms with E-state index in [0.29, 0.717) is 13.1 Å². The number of carbonyl (C=O) groups excluding carboxylic acids is 2. The summed E-state index contributed by atoms with van der Waals surface area (Å²) in [5.41, 5.74) is 1.17. The molecule has 136 valence electrons. The summed E-state index contributed by atoms with van der Waals surface area (Å²) in [4.78, 5) is 26.8. The third kappa shape index (κ3) is 3.87. The van der Waals surface area contributed by atoms with Crippen LogP contribution in [0.1, 0.15) is 45.1 Å². The molecular weight excluding hydrogens is 316 g/mol. The third-order valence-electron chi connectivity index (χ3n) is 5.45. The van der Waals surface area contributed by atoms with Crippen molar-refractivity contribution in [2.45, 2.75) is 51.7 Å². The quantitative estimate of drug-likeness (QED) is 0.857. The molecule has 3 rings (SSSR count). The average molecular weight is 344 g/mol. The van der Waals surface area contributed by atoms with Gasteiger partial charge in [-0.1, -0.05) is 44.2 Å². The second-order valence-electron chi connectivity index (χ2n) is 8.17. The number of nitrogens with one attached hydrogen (secondary N) is 1. The molecule has 1 aliphatic carbocycles. The lowest BCUT2D eigenvalue weighted by molar-refractivity contribution is -0.139. The highest BCUT2D eigenvalue weighted by Gasteiger charge is 2.44. The first kappa shape index (κ1) is 17.9. The molecule has 2 fully saturated rings. The maximum absolute atomic E-state index is 13.0. The number of amides is 2.